The number of likely N-dealkylation sites (tertiary alicyclic amines) is 1. The van der Waals surface area contributed by atoms with Gasteiger partial charge in [0.05, 0.1) is 24.4 Å². The van der Waals surface area contributed by atoms with E-state index in [-0.39, 0.29) is 17.9 Å². The highest BCUT2D eigenvalue weighted by molar-refractivity contribution is 5.78. The van der Waals surface area contributed by atoms with Crippen LogP contribution in [0, 0.1) is 5.92 Å². The number of piperidine rings is 1. The van der Waals surface area contributed by atoms with Crippen LogP contribution in [0.4, 0.5) is 5.69 Å². The summed E-state index contributed by atoms with van der Waals surface area (Å²) in [5.74, 6) is 0.202. The van der Waals surface area contributed by atoms with Gasteiger partial charge in [-0.3, -0.25) is 9.78 Å². The minimum Gasteiger partial charge on any atom is -0.397 e. The lowest BCUT2D eigenvalue weighted by atomic mass is 9.96. The van der Waals surface area contributed by atoms with E-state index in [2.05, 4.69) is 4.98 Å². The van der Waals surface area contributed by atoms with Gasteiger partial charge in [-0.05, 0) is 24.5 Å². The Morgan fingerprint density at radius 1 is 1.61 bits per heavy atom. The summed E-state index contributed by atoms with van der Waals surface area (Å²) >= 11 is 0. The number of carbonyl (C=O) groups is 1. The zero-order valence-corrected chi connectivity index (χ0v) is 10.5. The first-order chi connectivity index (χ1) is 8.56. The van der Waals surface area contributed by atoms with Gasteiger partial charge in [-0.1, -0.05) is 6.92 Å². The van der Waals surface area contributed by atoms with Gasteiger partial charge in [0.2, 0.25) is 5.91 Å². The topological polar surface area (TPSA) is 79.5 Å². The molecule has 98 valence electrons. The number of nitrogen functional groups attached to an aromatic ring is 1. The van der Waals surface area contributed by atoms with Crippen molar-refractivity contribution in [2.45, 2.75) is 25.9 Å². The Hall–Kier alpha value is -1.62. The Morgan fingerprint density at radius 2 is 2.39 bits per heavy atom. The molecule has 2 atom stereocenters. The van der Waals surface area contributed by atoms with E-state index < -0.39 is 0 Å². The van der Waals surface area contributed by atoms with Crippen molar-refractivity contribution in [2.24, 2.45) is 5.92 Å². The number of carbonyl (C=O) groups excluding carboxylic acids is 1. The molecule has 1 aromatic heterocycles. The third kappa shape index (κ3) is 2.98. The highest BCUT2D eigenvalue weighted by Crippen LogP contribution is 2.17. The van der Waals surface area contributed by atoms with Crippen LogP contribution < -0.4 is 5.73 Å². The maximum Gasteiger partial charge on any atom is 0.228 e. The lowest BCUT2D eigenvalue weighted by molar-refractivity contribution is -0.134. The van der Waals surface area contributed by atoms with Crippen LogP contribution in [0.1, 0.15) is 19.0 Å². The SMILES string of the molecule is CC1CN(C(=O)Cc2ccc(N)cn2)CCC1O. The molecule has 0 aliphatic carbocycles. The number of amides is 1. The molecule has 5 nitrogen and oxygen atoms in total. The van der Waals surface area contributed by atoms with Crippen molar-refractivity contribution in [3.63, 3.8) is 0 Å². The minimum absolute atomic E-state index is 0.0611. The average molecular weight is 249 g/mol. The number of anilines is 1. The second kappa shape index (κ2) is 5.35. The summed E-state index contributed by atoms with van der Waals surface area (Å²) in [7, 11) is 0. The molecule has 18 heavy (non-hydrogen) atoms. The Morgan fingerprint density at radius 3 is 3.00 bits per heavy atom. The van der Waals surface area contributed by atoms with Crippen molar-refractivity contribution < 1.29 is 9.90 Å². The molecule has 0 bridgehead atoms. The van der Waals surface area contributed by atoms with E-state index in [0.29, 0.717) is 31.6 Å². The van der Waals surface area contributed by atoms with Crippen molar-refractivity contribution >= 4 is 11.6 Å². The van der Waals surface area contributed by atoms with Gasteiger partial charge in [-0.25, -0.2) is 0 Å². The standard InChI is InChI=1S/C13H19N3O2/c1-9-8-16(5-4-12(9)17)13(18)6-11-3-2-10(14)7-15-11/h2-3,7,9,12,17H,4-6,8,14H2,1H3. The van der Waals surface area contributed by atoms with Crippen molar-refractivity contribution in [1.82, 2.24) is 9.88 Å². The lowest BCUT2D eigenvalue weighted by Gasteiger charge is -2.34. The molecule has 1 fully saturated rings. The second-order valence-electron chi connectivity index (χ2n) is 4.93. The quantitative estimate of drug-likeness (QED) is 0.797. The summed E-state index contributed by atoms with van der Waals surface area (Å²) in [6.07, 6.45) is 2.22. The third-order valence-electron chi connectivity index (χ3n) is 3.39. The van der Waals surface area contributed by atoms with Crippen LogP contribution in [0.5, 0.6) is 0 Å². The summed E-state index contributed by atoms with van der Waals surface area (Å²) in [5.41, 5.74) is 6.88. The Labute approximate surface area is 107 Å². The fourth-order valence-corrected chi connectivity index (χ4v) is 2.17. The second-order valence-corrected chi connectivity index (χ2v) is 4.93. The van der Waals surface area contributed by atoms with Crippen LogP contribution in [-0.4, -0.2) is 40.1 Å². The summed E-state index contributed by atoms with van der Waals surface area (Å²) in [5, 5.41) is 9.63. The predicted octanol–water partition coefficient (Wildman–Crippen LogP) is 0.436. The highest BCUT2D eigenvalue weighted by Gasteiger charge is 2.27. The Kier molecular flexibility index (Phi) is 3.81. The van der Waals surface area contributed by atoms with Gasteiger partial charge in [0.25, 0.3) is 0 Å². The van der Waals surface area contributed by atoms with Crippen LogP contribution >= 0.6 is 0 Å². The molecular formula is C13H19N3O2. The van der Waals surface area contributed by atoms with Gasteiger partial charge in [0.1, 0.15) is 0 Å². The third-order valence-corrected chi connectivity index (χ3v) is 3.39. The molecule has 2 rings (SSSR count). The lowest BCUT2D eigenvalue weighted by Crippen LogP contribution is -2.45. The number of hydrogen-bond acceptors (Lipinski definition) is 4. The van der Waals surface area contributed by atoms with E-state index in [1.807, 2.05) is 6.92 Å². The van der Waals surface area contributed by atoms with Crippen molar-refractivity contribution in [3.05, 3.63) is 24.0 Å². The molecule has 1 aromatic rings. The molecule has 1 amide bonds. The number of aliphatic hydroxyl groups is 1. The smallest absolute Gasteiger partial charge is 0.228 e. The van der Waals surface area contributed by atoms with Gasteiger partial charge >= 0.3 is 0 Å². The zero-order chi connectivity index (χ0) is 13.1. The van der Waals surface area contributed by atoms with Crippen molar-refractivity contribution in [3.8, 4) is 0 Å². The van der Waals surface area contributed by atoms with Crippen LogP contribution in [0.25, 0.3) is 0 Å². The monoisotopic (exact) mass is 249 g/mol. The average Bonchev–Trinajstić information content (AvgIpc) is 2.35. The molecule has 5 heteroatoms. The van der Waals surface area contributed by atoms with Crippen LogP contribution in [0.15, 0.2) is 18.3 Å². The maximum atomic E-state index is 12.1. The number of aliphatic hydroxyl groups excluding tert-OH is 1. The van der Waals surface area contributed by atoms with E-state index in [9.17, 15) is 9.90 Å². The normalized spacial score (nSPS) is 24.0. The van der Waals surface area contributed by atoms with E-state index in [1.54, 1.807) is 23.2 Å². The zero-order valence-electron chi connectivity index (χ0n) is 10.5. The number of hydrogen-bond donors (Lipinski definition) is 2. The fourth-order valence-electron chi connectivity index (χ4n) is 2.17. The van der Waals surface area contributed by atoms with Gasteiger partial charge in [0, 0.05) is 18.8 Å². The van der Waals surface area contributed by atoms with E-state index in [1.165, 1.54) is 0 Å². The first kappa shape index (κ1) is 12.8. The van der Waals surface area contributed by atoms with E-state index in [0.717, 1.165) is 5.69 Å². The number of rotatable bonds is 2. The first-order valence-electron chi connectivity index (χ1n) is 6.22. The van der Waals surface area contributed by atoms with Gasteiger partial charge in [-0.15, -0.1) is 0 Å². The van der Waals surface area contributed by atoms with Gasteiger partial charge in [0.15, 0.2) is 0 Å². The van der Waals surface area contributed by atoms with E-state index >= 15 is 0 Å². The molecule has 0 saturated carbocycles. The molecule has 2 heterocycles. The largest absolute Gasteiger partial charge is 0.397 e. The summed E-state index contributed by atoms with van der Waals surface area (Å²) in [6, 6.07) is 3.52. The van der Waals surface area contributed by atoms with Gasteiger partial charge in [-0.2, -0.15) is 0 Å². The van der Waals surface area contributed by atoms with Crippen molar-refractivity contribution in [2.75, 3.05) is 18.8 Å². The number of nitrogens with zero attached hydrogens (tertiary/aromatic N) is 2. The summed E-state index contributed by atoms with van der Waals surface area (Å²) in [4.78, 5) is 18.0. The summed E-state index contributed by atoms with van der Waals surface area (Å²) in [6.45, 7) is 3.21. The van der Waals surface area contributed by atoms with Gasteiger partial charge < -0.3 is 15.7 Å². The number of pyridine rings is 1. The molecule has 0 aromatic carbocycles. The Balaban J connectivity index is 1.94. The molecule has 0 radical (unpaired) electrons. The molecule has 3 N–H and O–H groups in total. The number of nitrogens with two attached hydrogens (primary N) is 1. The Bertz CT molecular complexity index is 419. The molecule has 1 aliphatic heterocycles. The van der Waals surface area contributed by atoms with Crippen molar-refractivity contribution in [1.29, 1.82) is 0 Å². The van der Waals surface area contributed by atoms with Crippen LogP contribution in [0.3, 0.4) is 0 Å². The fraction of sp³-hybridized carbons (Fsp3) is 0.538. The predicted molar refractivity (Wildman–Crippen MR) is 68.7 cm³/mol. The molecule has 1 saturated heterocycles. The summed E-state index contributed by atoms with van der Waals surface area (Å²) < 4.78 is 0. The molecule has 0 spiro atoms. The maximum absolute atomic E-state index is 12.1. The first-order valence-corrected chi connectivity index (χ1v) is 6.22. The van der Waals surface area contributed by atoms with Crippen LogP contribution in [-0.2, 0) is 11.2 Å². The number of aromatic nitrogens is 1. The molecule has 2 unspecified atom stereocenters. The molecular weight excluding hydrogens is 230 g/mol. The molecule has 1 aliphatic rings. The van der Waals surface area contributed by atoms with Crippen LogP contribution in [0.2, 0.25) is 0 Å². The minimum atomic E-state index is -0.288. The van der Waals surface area contributed by atoms with E-state index in [4.69, 9.17) is 5.73 Å². The highest BCUT2D eigenvalue weighted by atomic mass is 16.3.